The molecule has 0 radical (unpaired) electrons. The second-order valence-corrected chi connectivity index (χ2v) is 15.7. The molecule has 1 saturated carbocycles. The molecule has 0 bridgehead atoms. The number of amides is 1. The van der Waals surface area contributed by atoms with Crippen LogP contribution in [0.2, 0.25) is 0 Å². The fourth-order valence-corrected chi connectivity index (χ4v) is 9.57. The third-order valence-electron chi connectivity index (χ3n) is 9.73. The number of aromatic nitrogens is 2. The van der Waals surface area contributed by atoms with Crippen molar-refractivity contribution >= 4 is 54.4 Å². The molecule has 3 aromatic carbocycles. The molecular weight excluding hydrogens is 671 g/mol. The lowest BCUT2D eigenvalue weighted by molar-refractivity contribution is 0.0691. The highest BCUT2D eigenvalue weighted by Gasteiger charge is 2.27. The number of hydrogen-bond donors (Lipinski definition) is 3. The number of para-hydroxylation sites is 1. The zero-order valence-electron chi connectivity index (χ0n) is 27.8. The summed E-state index contributed by atoms with van der Waals surface area (Å²) in [5.74, 6) is -1.01. The van der Waals surface area contributed by atoms with E-state index in [9.17, 15) is 23.1 Å². The maximum atomic E-state index is 13.6. The van der Waals surface area contributed by atoms with Crippen LogP contribution in [0.3, 0.4) is 0 Å². The van der Waals surface area contributed by atoms with Gasteiger partial charge in [0.15, 0.2) is 10.8 Å². The molecule has 1 aliphatic carbocycles. The fraction of sp³-hybridized carbons (Fsp3) is 0.316. The Hall–Kier alpha value is -4.65. The number of pyridine rings is 1. The van der Waals surface area contributed by atoms with E-state index in [2.05, 4.69) is 20.0 Å². The number of carbonyl (C=O) groups is 2. The third-order valence-corrected chi connectivity index (χ3v) is 12.3. The zero-order valence-corrected chi connectivity index (χ0v) is 29.4. The van der Waals surface area contributed by atoms with Gasteiger partial charge >= 0.3 is 5.97 Å². The van der Waals surface area contributed by atoms with Crippen LogP contribution in [-0.4, -0.2) is 48.0 Å². The number of fused-ring (bicyclic) bond motifs is 2. The van der Waals surface area contributed by atoms with Crippen molar-refractivity contribution in [2.24, 2.45) is 0 Å². The molecule has 50 heavy (non-hydrogen) atoms. The van der Waals surface area contributed by atoms with Gasteiger partial charge in [0.1, 0.15) is 5.82 Å². The Balaban J connectivity index is 1.15. The standard InChI is InChI=1S/C38H39N5O5S2/c1-24-27(14-10-18-33(24)50(47,48)42-26-12-5-3-2-4-6-13-26)28-19-20-34(40-35(28)37(45)46)43-22-21-25-11-9-15-29(30(25)23-43)36(44)41-38-39-31-16-7-8-17-32(31)49-38/h7-11,14-20,26,42H,2-6,12-13,21-23H2,1H3,(H,45,46)(H,39,41,44). The number of hydrogen-bond acceptors (Lipinski definition) is 8. The van der Waals surface area contributed by atoms with Crippen molar-refractivity contribution in [2.45, 2.75) is 75.8 Å². The van der Waals surface area contributed by atoms with Crippen LogP contribution in [0.4, 0.5) is 10.9 Å². The molecule has 3 N–H and O–H groups in total. The lowest BCUT2D eigenvalue weighted by Gasteiger charge is -2.31. The second-order valence-electron chi connectivity index (χ2n) is 13.0. The van der Waals surface area contributed by atoms with Gasteiger partial charge < -0.3 is 10.0 Å². The molecule has 0 atom stereocenters. The summed E-state index contributed by atoms with van der Waals surface area (Å²) in [6.45, 7) is 2.66. The fourth-order valence-electron chi connectivity index (χ4n) is 7.14. The number of nitrogens with one attached hydrogen (secondary N) is 2. The van der Waals surface area contributed by atoms with Crippen molar-refractivity contribution in [2.75, 3.05) is 16.8 Å². The van der Waals surface area contributed by atoms with E-state index in [0.717, 1.165) is 59.9 Å². The summed E-state index contributed by atoms with van der Waals surface area (Å²) >= 11 is 1.41. The number of rotatable bonds is 8. The van der Waals surface area contributed by atoms with E-state index in [4.69, 9.17) is 0 Å². The monoisotopic (exact) mass is 709 g/mol. The number of carbonyl (C=O) groups excluding carboxylic acids is 1. The van der Waals surface area contributed by atoms with Crippen LogP contribution in [0, 0.1) is 6.92 Å². The van der Waals surface area contributed by atoms with Crippen LogP contribution in [-0.2, 0) is 23.0 Å². The SMILES string of the molecule is Cc1c(-c2ccc(N3CCc4cccc(C(=O)Nc5nc6ccccc6s5)c4C3)nc2C(=O)O)cccc1S(=O)(=O)NC1CCCCCCC1. The Morgan fingerprint density at radius 1 is 0.880 bits per heavy atom. The molecule has 0 unspecified atom stereocenters. The third kappa shape index (κ3) is 7.01. The topological polar surface area (TPSA) is 142 Å². The quantitative estimate of drug-likeness (QED) is 0.150. The molecule has 1 aliphatic heterocycles. The Morgan fingerprint density at radius 3 is 2.42 bits per heavy atom. The molecule has 258 valence electrons. The van der Waals surface area contributed by atoms with Gasteiger partial charge in [0, 0.05) is 30.3 Å². The maximum Gasteiger partial charge on any atom is 0.355 e. The van der Waals surface area contributed by atoms with E-state index in [-0.39, 0.29) is 22.5 Å². The van der Waals surface area contributed by atoms with Gasteiger partial charge in [-0.05, 0) is 84.8 Å². The number of benzene rings is 3. The molecule has 2 aromatic heterocycles. The minimum Gasteiger partial charge on any atom is -0.476 e. The predicted octanol–water partition coefficient (Wildman–Crippen LogP) is 7.57. The smallest absolute Gasteiger partial charge is 0.355 e. The Labute approximate surface area is 295 Å². The van der Waals surface area contributed by atoms with Crippen LogP contribution in [0.1, 0.15) is 82.5 Å². The van der Waals surface area contributed by atoms with E-state index in [1.165, 1.54) is 17.8 Å². The Bertz CT molecular complexity index is 2160. The lowest BCUT2D eigenvalue weighted by atomic mass is 9.94. The molecule has 0 saturated heterocycles. The molecule has 7 rings (SSSR count). The first-order valence-corrected chi connectivity index (χ1v) is 19.4. The molecule has 1 fully saturated rings. The maximum absolute atomic E-state index is 13.6. The van der Waals surface area contributed by atoms with E-state index in [1.807, 2.05) is 41.3 Å². The number of carboxylic acid groups (broad SMARTS) is 1. The van der Waals surface area contributed by atoms with Crippen molar-refractivity contribution in [3.63, 3.8) is 0 Å². The van der Waals surface area contributed by atoms with Gasteiger partial charge in [0.25, 0.3) is 5.91 Å². The van der Waals surface area contributed by atoms with E-state index in [0.29, 0.717) is 52.7 Å². The van der Waals surface area contributed by atoms with Crippen LogP contribution in [0.25, 0.3) is 21.3 Å². The molecule has 2 aliphatic rings. The lowest BCUT2D eigenvalue weighted by Crippen LogP contribution is -2.35. The molecule has 0 spiro atoms. The van der Waals surface area contributed by atoms with Gasteiger partial charge in [-0.25, -0.2) is 27.9 Å². The van der Waals surface area contributed by atoms with Crippen molar-refractivity contribution in [1.82, 2.24) is 14.7 Å². The second kappa shape index (κ2) is 14.3. The Kier molecular flexibility index (Phi) is 9.67. The molecule has 10 nitrogen and oxygen atoms in total. The summed E-state index contributed by atoms with van der Waals surface area (Å²) in [5.41, 5.74) is 4.40. The van der Waals surface area contributed by atoms with E-state index >= 15 is 0 Å². The molecule has 3 heterocycles. The van der Waals surface area contributed by atoms with Gasteiger partial charge in [-0.1, -0.05) is 79.8 Å². The summed E-state index contributed by atoms with van der Waals surface area (Å²) in [7, 11) is -3.84. The largest absolute Gasteiger partial charge is 0.476 e. The summed E-state index contributed by atoms with van der Waals surface area (Å²) < 4.78 is 31.2. The van der Waals surface area contributed by atoms with Crippen LogP contribution in [0.15, 0.2) is 77.7 Å². The first-order chi connectivity index (χ1) is 24.2. The summed E-state index contributed by atoms with van der Waals surface area (Å²) in [4.78, 5) is 37.4. The first-order valence-electron chi connectivity index (χ1n) is 17.1. The average Bonchev–Trinajstić information content (AvgIpc) is 3.51. The van der Waals surface area contributed by atoms with Crippen LogP contribution >= 0.6 is 11.3 Å². The van der Waals surface area contributed by atoms with Gasteiger partial charge in [-0.15, -0.1) is 0 Å². The highest BCUT2D eigenvalue weighted by Crippen LogP contribution is 2.34. The molecule has 12 heteroatoms. The number of nitrogens with zero attached hydrogens (tertiary/aromatic N) is 3. The summed E-state index contributed by atoms with van der Waals surface area (Å²) in [5, 5.41) is 13.8. The zero-order chi connectivity index (χ0) is 34.8. The van der Waals surface area contributed by atoms with Crippen molar-refractivity contribution in [3.05, 3.63) is 101 Å². The number of aromatic carboxylic acids is 1. The van der Waals surface area contributed by atoms with E-state index < -0.39 is 16.0 Å². The van der Waals surface area contributed by atoms with Crippen LogP contribution < -0.4 is 14.9 Å². The number of thiazole rings is 1. The number of sulfonamides is 1. The predicted molar refractivity (Wildman–Crippen MR) is 197 cm³/mol. The molecule has 1 amide bonds. The van der Waals surface area contributed by atoms with Crippen molar-refractivity contribution in [3.8, 4) is 11.1 Å². The van der Waals surface area contributed by atoms with Gasteiger partial charge in [0.05, 0.1) is 15.1 Å². The number of carboxylic acids is 1. The minimum absolute atomic E-state index is 0.118. The first kappa shape index (κ1) is 33.8. The molecule has 5 aromatic rings. The minimum atomic E-state index is -3.84. The summed E-state index contributed by atoms with van der Waals surface area (Å²) in [6.07, 6.45) is 7.66. The average molecular weight is 710 g/mol. The summed E-state index contributed by atoms with van der Waals surface area (Å²) in [6, 6.07) is 21.7. The van der Waals surface area contributed by atoms with Gasteiger partial charge in [-0.3, -0.25) is 10.1 Å². The molecular formula is C38H39N5O5S2. The normalized spacial score (nSPS) is 15.7. The van der Waals surface area contributed by atoms with Crippen molar-refractivity contribution in [1.29, 1.82) is 0 Å². The van der Waals surface area contributed by atoms with E-state index in [1.54, 1.807) is 43.3 Å². The Morgan fingerprint density at radius 2 is 1.64 bits per heavy atom. The number of anilines is 2. The van der Waals surface area contributed by atoms with Crippen LogP contribution in [0.5, 0.6) is 0 Å². The van der Waals surface area contributed by atoms with Gasteiger partial charge in [-0.2, -0.15) is 0 Å². The van der Waals surface area contributed by atoms with Crippen molar-refractivity contribution < 1.29 is 23.1 Å². The highest BCUT2D eigenvalue weighted by molar-refractivity contribution is 7.89. The highest BCUT2D eigenvalue weighted by atomic mass is 32.2. The van der Waals surface area contributed by atoms with Gasteiger partial charge in [0.2, 0.25) is 10.0 Å².